The first kappa shape index (κ1) is 20.1. The number of piperidine rings is 1. The van der Waals surface area contributed by atoms with Gasteiger partial charge in [-0.3, -0.25) is 14.5 Å². The van der Waals surface area contributed by atoms with Gasteiger partial charge in [-0.2, -0.15) is 0 Å². The van der Waals surface area contributed by atoms with Gasteiger partial charge in [0.1, 0.15) is 5.69 Å². The van der Waals surface area contributed by atoms with E-state index in [0.29, 0.717) is 25.9 Å². The molecule has 0 atom stereocenters. The fourth-order valence-electron chi connectivity index (χ4n) is 2.68. The van der Waals surface area contributed by atoms with Crippen LogP contribution in [0.3, 0.4) is 0 Å². The van der Waals surface area contributed by atoms with Gasteiger partial charge in [0.25, 0.3) is 0 Å². The highest BCUT2D eigenvalue weighted by Gasteiger charge is 2.29. The number of likely N-dealkylation sites (tertiary alicyclic amines) is 1. The number of anilines is 1. The minimum absolute atomic E-state index is 0.267. The summed E-state index contributed by atoms with van der Waals surface area (Å²) < 4.78 is 71.3. The number of carbonyl (C=O) groups excluding carboxylic acids is 2. The molecule has 1 aliphatic rings. The maximum atomic E-state index is 13.6. The number of benzene rings is 1. The smallest absolute Gasteiger partial charge is 0.309 e. The van der Waals surface area contributed by atoms with Crippen molar-refractivity contribution in [1.29, 1.82) is 0 Å². The van der Waals surface area contributed by atoms with Crippen molar-refractivity contribution in [3.63, 3.8) is 0 Å². The molecule has 0 aromatic heterocycles. The van der Waals surface area contributed by atoms with Crippen LogP contribution in [0.2, 0.25) is 0 Å². The maximum absolute atomic E-state index is 13.6. The normalized spacial score (nSPS) is 15.8. The van der Waals surface area contributed by atoms with E-state index in [9.17, 15) is 31.5 Å². The maximum Gasteiger partial charge on any atom is 0.309 e. The van der Waals surface area contributed by atoms with Crippen LogP contribution in [0.4, 0.5) is 27.6 Å². The number of hydrogen-bond acceptors (Lipinski definition) is 4. The summed E-state index contributed by atoms with van der Waals surface area (Å²) in [6.07, 6.45) is 0.878. The van der Waals surface area contributed by atoms with Gasteiger partial charge in [0.2, 0.25) is 11.7 Å². The Hall–Kier alpha value is -2.23. The zero-order valence-electron chi connectivity index (χ0n) is 13.9. The molecule has 26 heavy (non-hydrogen) atoms. The third kappa shape index (κ3) is 4.29. The van der Waals surface area contributed by atoms with E-state index in [1.54, 1.807) is 17.1 Å². The lowest BCUT2D eigenvalue weighted by molar-refractivity contribution is -0.149. The molecule has 10 heteroatoms. The number of hydrogen-bond donors (Lipinski definition) is 1. The van der Waals surface area contributed by atoms with Gasteiger partial charge in [0.15, 0.2) is 23.3 Å². The summed E-state index contributed by atoms with van der Waals surface area (Å²) in [6, 6.07) is 0. The fraction of sp³-hybridized carbons (Fsp3) is 0.500. The molecule has 0 bridgehead atoms. The van der Waals surface area contributed by atoms with Crippen LogP contribution in [-0.2, 0) is 14.3 Å². The van der Waals surface area contributed by atoms with Crippen LogP contribution in [0.15, 0.2) is 0 Å². The summed E-state index contributed by atoms with van der Waals surface area (Å²) in [4.78, 5) is 25.1. The Balaban J connectivity index is 1.96. The van der Waals surface area contributed by atoms with Crippen molar-refractivity contribution >= 4 is 17.6 Å². The Morgan fingerprint density at radius 3 is 2.00 bits per heavy atom. The summed E-state index contributed by atoms with van der Waals surface area (Å²) in [5.74, 6) is -12.3. The topological polar surface area (TPSA) is 58.6 Å². The van der Waals surface area contributed by atoms with E-state index in [1.165, 1.54) is 0 Å². The highest BCUT2D eigenvalue weighted by Crippen LogP contribution is 2.27. The molecular weight excluding hydrogens is 363 g/mol. The molecule has 1 fully saturated rings. The summed E-state index contributed by atoms with van der Waals surface area (Å²) in [7, 11) is 0. The van der Waals surface area contributed by atoms with E-state index >= 15 is 0 Å². The third-order valence-electron chi connectivity index (χ3n) is 4.05. The molecule has 1 aromatic rings. The van der Waals surface area contributed by atoms with Crippen molar-refractivity contribution in [2.24, 2.45) is 5.92 Å². The number of halogens is 5. The number of rotatable bonds is 5. The second kappa shape index (κ2) is 8.43. The molecule has 1 amide bonds. The lowest BCUT2D eigenvalue weighted by Gasteiger charge is -2.30. The van der Waals surface area contributed by atoms with E-state index in [2.05, 4.69) is 0 Å². The first-order chi connectivity index (χ1) is 12.3. The minimum Gasteiger partial charge on any atom is -0.466 e. The van der Waals surface area contributed by atoms with E-state index in [0.717, 1.165) is 0 Å². The SMILES string of the molecule is CCOC(=O)C1CCN(CC(=O)Nc2c(F)c(F)c(F)c(F)c2F)CC1. The number of esters is 1. The van der Waals surface area contributed by atoms with E-state index in [4.69, 9.17) is 4.74 Å². The number of nitrogens with zero attached hydrogens (tertiary/aromatic N) is 1. The number of amides is 1. The van der Waals surface area contributed by atoms with Crippen molar-refractivity contribution in [1.82, 2.24) is 4.90 Å². The Bertz CT molecular complexity index is 677. The Labute approximate surface area is 146 Å². The average Bonchev–Trinajstić information content (AvgIpc) is 2.63. The molecule has 0 radical (unpaired) electrons. The van der Waals surface area contributed by atoms with Gasteiger partial charge in [-0.1, -0.05) is 0 Å². The Morgan fingerprint density at radius 1 is 1.00 bits per heavy atom. The summed E-state index contributed by atoms with van der Waals surface area (Å²) in [5.41, 5.74) is -1.38. The molecule has 5 nitrogen and oxygen atoms in total. The highest BCUT2D eigenvalue weighted by atomic mass is 19.2. The van der Waals surface area contributed by atoms with Crippen LogP contribution in [0.1, 0.15) is 19.8 Å². The van der Waals surface area contributed by atoms with Gasteiger partial charge in [-0.25, -0.2) is 22.0 Å². The van der Waals surface area contributed by atoms with Crippen LogP contribution in [-0.4, -0.2) is 43.0 Å². The number of ether oxygens (including phenoxy) is 1. The zero-order chi connectivity index (χ0) is 19.4. The van der Waals surface area contributed by atoms with E-state index in [-0.39, 0.29) is 25.0 Å². The molecule has 0 saturated carbocycles. The zero-order valence-corrected chi connectivity index (χ0v) is 13.9. The van der Waals surface area contributed by atoms with Gasteiger partial charge in [0.05, 0.1) is 19.1 Å². The molecule has 1 aromatic carbocycles. The largest absolute Gasteiger partial charge is 0.466 e. The van der Waals surface area contributed by atoms with Gasteiger partial charge >= 0.3 is 5.97 Å². The lowest BCUT2D eigenvalue weighted by atomic mass is 9.97. The molecular formula is C16H17F5N2O3. The van der Waals surface area contributed by atoms with Crippen molar-refractivity contribution in [2.75, 3.05) is 31.6 Å². The van der Waals surface area contributed by atoms with E-state index < -0.39 is 40.7 Å². The van der Waals surface area contributed by atoms with Crippen molar-refractivity contribution in [3.05, 3.63) is 29.1 Å². The summed E-state index contributed by atoms with van der Waals surface area (Å²) in [6.45, 7) is 2.36. The summed E-state index contributed by atoms with van der Waals surface area (Å²) in [5, 5.41) is 1.72. The van der Waals surface area contributed by atoms with Crippen molar-refractivity contribution in [3.8, 4) is 0 Å². The first-order valence-corrected chi connectivity index (χ1v) is 7.96. The van der Waals surface area contributed by atoms with Gasteiger partial charge in [0, 0.05) is 0 Å². The molecule has 1 N–H and O–H groups in total. The predicted octanol–water partition coefficient (Wildman–Crippen LogP) is 2.60. The lowest BCUT2D eigenvalue weighted by Crippen LogP contribution is -2.41. The van der Waals surface area contributed by atoms with Crippen molar-refractivity contribution in [2.45, 2.75) is 19.8 Å². The monoisotopic (exact) mass is 380 g/mol. The number of carbonyl (C=O) groups is 2. The highest BCUT2D eigenvalue weighted by molar-refractivity contribution is 5.92. The molecule has 1 saturated heterocycles. The molecule has 1 heterocycles. The average molecular weight is 380 g/mol. The molecule has 2 rings (SSSR count). The van der Waals surface area contributed by atoms with Gasteiger partial charge in [-0.15, -0.1) is 0 Å². The second-order valence-electron chi connectivity index (χ2n) is 5.80. The molecule has 0 unspecified atom stereocenters. The van der Waals surface area contributed by atoms with Gasteiger partial charge in [-0.05, 0) is 32.9 Å². The summed E-state index contributed by atoms with van der Waals surface area (Å²) >= 11 is 0. The standard InChI is InChI=1S/C16H17F5N2O3/c1-2-26-16(25)8-3-5-23(6-4-8)7-9(24)22-15-13(20)11(18)10(17)12(19)14(15)21/h8H,2-7H2,1H3,(H,22,24). The van der Waals surface area contributed by atoms with Crippen LogP contribution < -0.4 is 5.32 Å². The number of nitrogens with one attached hydrogen (secondary N) is 1. The van der Waals surface area contributed by atoms with Gasteiger partial charge < -0.3 is 10.1 Å². The van der Waals surface area contributed by atoms with Crippen LogP contribution in [0.25, 0.3) is 0 Å². The molecule has 0 aliphatic carbocycles. The van der Waals surface area contributed by atoms with E-state index in [1.807, 2.05) is 0 Å². The Kier molecular flexibility index (Phi) is 6.52. The second-order valence-corrected chi connectivity index (χ2v) is 5.80. The minimum atomic E-state index is -2.29. The van der Waals surface area contributed by atoms with Crippen LogP contribution >= 0.6 is 0 Å². The van der Waals surface area contributed by atoms with Crippen LogP contribution in [0, 0.1) is 35.0 Å². The fourth-order valence-corrected chi connectivity index (χ4v) is 2.68. The first-order valence-electron chi connectivity index (χ1n) is 7.96. The quantitative estimate of drug-likeness (QED) is 0.369. The Morgan fingerprint density at radius 2 is 1.50 bits per heavy atom. The molecule has 1 aliphatic heterocycles. The molecule has 0 spiro atoms. The predicted molar refractivity (Wildman–Crippen MR) is 80.7 cm³/mol. The van der Waals surface area contributed by atoms with Crippen LogP contribution in [0.5, 0.6) is 0 Å². The van der Waals surface area contributed by atoms with Crippen molar-refractivity contribution < 1.29 is 36.3 Å². The molecule has 144 valence electrons. The third-order valence-corrected chi connectivity index (χ3v) is 4.05.